The fourth-order valence-corrected chi connectivity index (χ4v) is 1.29. The van der Waals surface area contributed by atoms with Crippen LogP contribution in [-0.4, -0.2) is 29.8 Å². The Morgan fingerprint density at radius 1 is 1.62 bits per heavy atom. The van der Waals surface area contributed by atoms with Crippen molar-refractivity contribution in [3.05, 3.63) is 0 Å². The van der Waals surface area contributed by atoms with Crippen LogP contribution in [0, 0.1) is 0 Å². The highest BCUT2D eigenvalue weighted by molar-refractivity contribution is 8.17. The molecule has 0 aromatic rings. The molecule has 0 aliphatic heterocycles. The number of nitrogens with zero attached hydrogens (tertiary/aromatic N) is 1. The number of carbonyl (C=O) groups excluding carboxylic acids is 1. The van der Waals surface area contributed by atoms with Crippen molar-refractivity contribution in [1.82, 2.24) is 5.32 Å². The molecular weight excluding hydrogens is 208 g/mol. The van der Waals surface area contributed by atoms with E-state index in [1.807, 2.05) is 0 Å². The van der Waals surface area contributed by atoms with Crippen molar-refractivity contribution in [1.29, 1.82) is 0 Å². The molecule has 0 radical (unpaired) electrons. The number of halogens is 1. The van der Waals surface area contributed by atoms with Gasteiger partial charge >= 0.3 is 0 Å². The second-order valence-electron chi connectivity index (χ2n) is 2.47. The number of carbonyl (C=O) groups is 1. The van der Waals surface area contributed by atoms with Crippen LogP contribution in [0.1, 0.15) is 19.8 Å². The first-order valence-electron chi connectivity index (χ1n) is 4.22. The summed E-state index contributed by atoms with van der Waals surface area (Å²) < 4.78 is 0.422. The quantitative estimate of drug-likeness (QED) is 0.438. The first-order chi connectivity index (χ1) is 6.20. The molecule has 0 aromatic heterocycles. The van der Waals surface area contributed by atoms with Crippen molar-refractivity contribution in [3.63, 3.8) is 0 Å². The van der Waals surface area contributed by atoms with Crippen LogP contribution in [0.25, 0.3) is 0 Å². The Morgan fingerprint density at radius 2 is 2.31 bits per heavy atom. The van der Waals surface area contributed by atoms with Crippen LogP contribution in [0.3, 0.4) is 0 Å². The molecule has 1 N–H and O–H groups in total. The number of unbranched alkanes of at least 4 members (excludes halogenated alkanes) is 1. The van der Waals surface area contributed by atoms with Crippen molar-refractivity contribution >= 4 is 33.8 Å². The molecule has 0 aliphatic rings. The zero-order valence-corrected chi connectivity index (χ0v) is 9.54. The lowest BCUT2D eigenvalue weighted by molar-refractivity contribution is -0.118. The molecule has 0 fully saturated rings. The number of nitrogens with one attached hydrogen (secondary N) is 1. The average molecular weight is 223 g/mol. The number of rotatable bonds is 5. The second-order valence-corrected chi connectivity index (χ2v) is 4.01. The minimum Gasteiger partial charge on any atom is -0.355 e. The summed E-state index contributed by atoms with van der Waals surface area (Å²) in [6.45, 7) is 2.83. The van der Waals surface area contributed by atoms with E-state index in [9.17, 15) is 4.79 Å². The van der Waals surface area contributed by atoms with Crippen LogP contribution in [0.2, 0.25) is 0 Å². The van der Waals surface area contributed by atoms with Gasteiger partial charge in [-0.3, -0.25) is 9.79 Å². The minimum absolute atomic E-state index is 0.0141. The first-order valence-corrected chi connectivity index (χ1v) is 5.58. The van der Waals surface area contributed by atoms with E-state index in [0.29, 0.717) is 10.3 Å². The Bertz CT molecular complexity index is 185. The molecule has 0 heterocycles. The van der Waals surface area contributed by atoms with Gasteiger partial charge in [0.1, 0.15) is 0 Å². The van der Waals surface area contributed by atoms with E-state index >= 15 is 0 Å². The lowest BCUT2D eigenvalue weighted by Gasteiger charge is -2.02. The summed E-state index contributed by atoms with van der Waals surface area (Å²) in [6, 6.07) is 0. The monoisotopic (exact) mass is 222 g/mol. The molecule has 0 saturated carbocycles. The van der Waals surface area contributed by atoms with Crippen molar-refractivity contribution in [2.45, 2.75) is 19.8 Å². The second kappa shape index (κ2) is 8.38. The van der Waals surface area contributed by atoms with Gasteiger partial charge in [-0.15, -0.1) is 0 Å². The fourth-order valence-electron chi connectivity index (χ4n) is 0.645. The third-order valence-corrected chi connectivity index (χ3v) is 2.67. The van der Waals surface area contributed by atoms with Crippen LogP contribution >= 0.6 is 23.4 Å². The van der Waals surface area contributed by atoms with Crippen LogP contribution in [0.15, 0.2) is 4.99 Å². The molecule has 0 bridgehead atoms. The summed E-state index contributed by atoms with van der Waals surface area (Å²) in [5.41, 5.74) is 0. The highest BCUT2D eigenvalue weighted by Gasteiger charge is 2.02. The van der Waals surface area contributed by atoms with E-state index in [1.54, 1.807) is 7.05 Å². The maximum absolute atomic E-state index is 11.1. The van der Waals surface area contributed by atoms with Crippen molar-refractivity contribution in [2.24, 2.45) is 4.99 Å². The molecule has 0 rings (SSSR count). The lowest BCUT2D eigenvalue weighted by atomic mass is 10.3. The zero-order valence-electron chi connectivity index (χ0n) is 7.97. The molecule has 76 valence electrons. The zero-order chi connectivity index (χ0) is 10.1. The molecule has 0 unspecified atom stereocenters. The summed E-state index contributed by atoms with van der Waals surface area (Å²) in [4.78, 5) is 14.8. The van der Waals surface area contributed by atoms with E-state index in [0.717, 1.165) is 19.4 Å². The maximum Gasteiger partial charge on any atom is 0.230 e. The van der Waals surface area contributed by atoms with Crippen molar-refractivity contribution in [3.8, 4) is 0 Å². The van der Waals surface area contributed by atoms with Crippen molar-refractivity contribution < 1.29 is 4.79 Å². The van der Waals surface area contributed by atoms with Gasteiger partial charge in [0.05, 0.1) is 5.75 Å². The van der Waals surface area contributed by atoms with Gasteiger partial charge in [0, 0.05) is 13.6 Å². The van der Waals surface area contributed by atoms with Gasteiger partial charge in [0.2, 0.25) is 5.91 Å². The lowest BCUT2D eigenvalue weighted by Crippen LogP contribution is -2.26. The molecule has 1 amide bonds. The van der Waals surface area contributed by atoms with E-state index in [4.69, 9.17) is 11.6 Å². The predicted molar refractivity (Wildman–Crippen MR) is 59.6 cm³/mol. The van der Waals surface area contributed by atoms with Gasteiger partial charge in [0.15, 0.2) is 4.50 Å². The molecule has 0 atom stereocenters. The molecule has 13 heavy (non-hydrogen) atoms. The van der Waals surface area contributed by atoms with Gasteiger partial charge < -0.3 is 5.32 Å². The van der Waals surface area contributed by atoms with E-state index < -0.39 is 0 Å². The molecular formula is C8H15ClN2OS. The van der Waals surface area contributed by atoms with Crippen LogP contribution in [0.4, 0.5) is 0 Å². The summed E-state index contributed by atoms with van der Waals surface area (Å²) in [6.07, 6.45) is 2.11. The average Bonchev–Trinajstić information content (AvgIpc) is 2.14. The molecule has 0 saturated heterocycles. The Morgan fingerprint density at radius 3 is 2.85 bits per heavy atom. The Labute approximate surface area is 88.3 Å². The smallest absolute Gasteiger partial charge is 0.230 e. The normalized spacial score (nSPS) is 11.5. The van der Waals surface area contributed by atoms with E-state index in [-0.39, 0.29) is 5.91 Å². The summed E-state index contributed by atoms with van der Waals surface area (Å²) in [5, 5.41) is 2.79. The minimum atomic E-state index is 0.0141. The van der Waals surface area contributed by atoms with Gasteiger partial charge in [-0.2, -0.15) is 0 Å². The number of thioether (sulfide) groups is 1. The Hall–Kier alpha value is -0.220. The third kappa shape index (κ3) is 8.12. The highest BCUT2D eigenvalue weighted by atomic mass is 35.5. The van der Waals surface area contributed by atoms with Gasteiger partial charge in [0.25, 0.3) is 0 Å². The largest absolute Gasteiger partial charge is 0.355 e. The molecule has 0 aliphatic carbocycles. The predicted octanol–water partition coefficient (Wildman–Crippen LogP) is 1.86. The Balaban J connectivity index is 3.41. The summed E-state index contributed by atoms with van der Waals surface area (Å²) >= 11 is 6.85. The van der Waals surface area contributed by atoms with Crippen LogP contribution in [-0.2, 0) is 4.79 Å². The molecule has 5 heteroatoms. The van der Waals surface area contributed by atoms with Gasteiger partial charge in [-0.05, 0) is 6.42 Å². The standard InChI is InChI=1S/C8H15ClN2OS/c1-3-4-5-11-7(12)6-13-8(9)10-2/h3-6H2,1-2H3,(H,11,12). The topological polar surface area (TPSA) is 41.5 Å². The van der Waals surface area contributed by atoms with Gasteiger partial charge in [-0.1, -0.05) is 36.7 Å². The summed E-state index contributed by atoms with van der Waals surface area (Å²) in [7, 11) is 1.60. The van der Waals surface area contributed by atoms with Crippen molar-refractivity contribution in [2.75, 3.05) is 19.3 Å². The molecule has 0 aromatic carbocycles. The number of aliphatic imine (C=N–C) groups is 1. The van der Waals surface area contributed by atoms with Gasteiger partial charge in [-0.25, -0.2) is 0 Å². The third-order valence-electron chi connectivity index (χ3n) is 1.35. The number of amides is 1. The SMILES string of the molecule is CCCCNC(=O)CSC(Cl)=NC. The maximum atomic E-state index is 11.1. The Kier molecular flexibility index (Phi) is 8.24. The summed E-state index contributed by atoms with van der Waals surface area (Å²) in [5.74, 6) is 0.361. The molecule has 3 nitrogen and oxygen atoms in total. The first kappa shape index (κ1) is 12.8. The highest BCUT2D eigenvalue weighted by Crippen LogP contribution is 2.06. The number of hydrogen-bond acceptors (Lipinski definition) is 3. The van der Waals surface area contributed by atoms with Crippen LogP contribution in [0.5, 0.6) is 0 Å². The molecule has 0 spiro atoms. The van der Waals surface area contributed by atoms with E-state index in [1.165, 1.54) is 11.8 Å². The number of hydrogen-bond donors (Lipinski definition) is 1. The van der Waals surface area contributed by atoms with E-state index in [2.05, 4.69) is 17.2 Å². The fraction of sp³-hybridized carbons (Fsp3) is 0.750. The van der Waals surface area contributed by atoms with Crippen LogP contribution < -0.4 is 5.32 Å².